The molecule has 1 atom stereocenters. The van der Waals surface area contributed by atoms with Crippen LogP contribution < -0.4 is 11.1 Å². The monoisotopic (exact) mass is 173 g/mol. The zero-order chi connectivity index (χ0) is 9.78. The minimum atomic E-state index is -0.0748. The van der Waals surface area contributed by atoms with Crippen LogP contribution in [0.15, 0.2) is 5.16 Å². The van der Waals surface area contributed by atoms with Crippen LogP contribution >= 0.6 is 0 Å². The molecule has 4 heteroatoms. The maximum absolute atomic E-state index is 8.36. The van der Waals surface area contributed by atoms with E-state index in [1.807, 2.05) is 6.92 Å². The van der Waals surface area contributed by atoms with Crippen molar-refractivity contribution in [2.45, 2.75) is 33.7 Å². The first kappa shape index (κ1) is 11.2. The highest BCUT2D eigenvalue weighted by molar-refractivity contribution is 5.84. The van der Waals surface area contributed by atoms with Gasteiger partial charge in [0, 0.05) is 6.54 Å². The van der Waals surface area contributed by atoms with Crippen molar-refractivity contribution < 1.29 is 5.21 Å². The van der Waals surface area contributed by atoms with Crippen molar-refractivity contribution in [3.8, 4) is 0 Å². The first-order chi connectivity index (χ1) is 5.37. The first-order valence-electron chi connectivity index (χ1n) is 4.07. The molecule has 0 spiro atoms. The number of amidine groups is 1. The van der Waals surface area contributed by atoms with Crippen LogP contribution in [-0.2, 0) is 0 Å². The van der Waals surface area contributed by atoms with Crippen LogP contribution in [0.3, 0.4) is 0 Å². The molecular formula is C8H19N3O. The van der Waals surface area contributed by atoms with E-state index in [1.54, 1.807) is 0 Å². The van der Waals surface area contributed by atoms with E-state index < -0.39 is 0 Å². The molecule has 0 aromatic carbocycles. The Morgan fingerprint density at radius 1 is 1.58 bits per heavy atom. The van der Waals surface area contributed by atoms with Crippen molar-refractivity contribution in [3.63, 3.8) is 0 Å². The summed E-state index contributed by atoms with van der Waals surface area (Å²) in [7, 11) is 0. The van der Waals surface area contributed by atoms with Gasteiger partial charge in [0.15, 0.2) is 5.84 Å². The van der Waals surface area contributed by atoms with E-state index in [9.17, 15) is 0 Å². The van der Waals surface area contributed by atoms with E-state index in [4.69, 9.17) is 10.9 Å². The van der Waals surface area contributed by atoms with Gasteiger partial charge in [0.25, 0.3) is 0 Å². The molecule has 0 aliphatic rings. The number of nitrogens with two attached hydrogens (primary N) is 1. The minimum absolute atomic E-state index is 0.0748. The zero-order valence-corrected chi connectivity index (χ0v) is 8.26. The third-order valence-electron chi connectivity index (χ3n) is 1.50. The van der Waals surface area contributed by atoms with Crippen LogP contribution in [0.2, 0.25) is 0 Å². The van der Waals surface area contributed by atoms with E-state index in [0.29, 0.717) is 0 Å². The number of rotatable bonds is 3. The normalized spacial score (nSPS) is 16.2. The van der Waals surface area contributed by atoms with Gasteiger partial charge in [-0.3, -0.25) is 0 Å². The molecule has 0 saturated heterocycles. The zero-order valence-electron chi connectivity index (χ0n) is 8.26. The molecule has 1 unspecified atom stereocenters. The van der Waals surface area contributed by atoms with Crippen molar-refractivity contribution in [1.29, 1.82) is 0 Å². The van der Waals surface area contributed by atoms with Crippen molar-refractivity contribution in [2.24, 2.45) is 16.3 Å². The fourth-order valence-electron chi connectivity index (χ4n) is 0.650. The van der Waals surface area contributed by atoms with E-state index in [-0.39, 0.29) is 17.3 Å². The number of hydrogen-bond acceptors (Lipinski definition) is 3. The molecule has 0 bridgehead atoms. The molecule has 4 N–H and O–H groups in total. The lowest BCUT2D eigenvalue weighted by molar-refractivity contribution is 0.312. The third kappa shape index (κ3) is 4.96. The first-order valence-corrected chi connectivity index (χ1v) is 4.07. The molecule has 0 aliphatic carbocycles. The second kappa shape index (κ2) is 4.30. The molecule has 0 saturated carbocycles. The van der Waals surface area contributed by atoms with Crippen molar-refractivity contribution >= 4 is 5.84 Å². The summed E-state index contributed by atoms with van der Waals surface area (Å²) in [6.07, 6.45) is 0. The summed E-state index contributed by atoms with van der Waals surface area (Å²) in [6, 6.07) is -0.0748. The SMILES string of the molecule is CC(NCC(C)(C)C)C(N)=NO. The maximum Gasteiger partial charge on any atom is 0.156 e. The Hall–Kier alpha value is -0.770. The lowest BCUT2D eigenvalue weighted by Crippen LogP contribution is -2.42. The van der Waals surface area contributed by atoms with Crippen LogP contribution in [0.25, 0.3) is 0 Å². The Kier molecular flexibility index (Phi) is 4.03. The summed E-state index contributed by atoms with van der Waals surface area (Å²) in [5, 5.41) is 14.4. The molecule has 0 fully saturated rings. The average Bonchev–Trinajstić information content (AvgIpc) is 1.97. The average molecular weight is 173 g/mol. The molecule has 72 valence electrons. The van der Waals surface area contributed by atoms with Gasteiger partial charge < -0.3 is 16.3 Å². The van der Waals surface area contributed by atoms with Gasteiger partial charge in [-0.1, -0.05) is 25.9 Å². The number of nitrogens with one attached hydrogen (secondary N) is 1. The molecule has 0 amide bonds. The van der Waals surface area contributed by atoms with Gasteiger partial charge in [-0.2, -0.15) is 0 Å². The molecule has 0 aliphatic heterocycles. The number of oxime groups is 1. The van der Waals surface area contributed by atoms with Crippen molar-refractivity contribution in [1.82, 2.24) is 5.32 Å². The molecule has 4 nitrogen and oxygen atoms in total. The van der Waals surface area contributed by atoms with Gasteiger partial charge in [-0.15, -0.1) is 0 Å². The quantitative estimate of drug-likeness (QED) is 0.255. The van der Waals surface area contributed by atoms with Gasteiger partial charge in [0.2, 0.25) is 0 Å². The van der Waals surface area contributed by atoms with Crippen molar-refractivity contribution in [3.05, 3.63) is 0 Å². The Bertz CT molecular complexity index is 160. The van der Waals surface area contributed by atoms with E-state index >= 15 is 0 Å². The van der Waals surface area contributed by atoms with E-state index in [1.165, 1.54) is 0 Å². The Balaban J connectivity index is 3.80. The fourth-order valence-corrected chi connectivity index (χ4v) is 0.650. The summed E-state index contributed by atoms with van der Waals surface area (Å²) < 4.78 is 0. The topological polar surface area (TPSA) is 70.6 Å². The van der Waals surface area contributed by atoms with Crippen LogP contribution in [0.4, 0.5) is 0 Å². The summed E-state index contributed by atoms with van der Waals surface area (Å²) in [4.78, 5) is 0. The Labute approximate surface area is 73.8 Å². The second-order valence-corrected chi connectivity index (χ2v) is 4.19. The largest absolute Gasteiger partial charge is 0.409 e. The highest BCUT2D eigenvalue weighted by Crippen LogP contribution is 2.10. The lowest BCUT2D eigenvalue weighted by atomic mass is 9.96. The fraction of sp³-hybridized carbons (Fsp3) is 0.875. The van der Waals surface area contributed by atoms with Gasteiger partial charge in [0.1, 0.15) is 0 Å². The predicted octanol–water partition coefficient (Wildman–Crippen LogP) is 0.757. The number of nitrogens with zero attached hydrogens (tertiary/aromatic N) is 1. The standard InChI is InChI=1S/C8H19N3O/c1-6(7(9)11-12)10-5-8(2,3)4/h6,10,12H,5H2,1-4H3,(H2,9,11). The minimum Gasteiger partial charge on any atom is -0.409 e. The smallest absolute Gasteiger partial charge is 0.156 e. The molecule has 12 heavy (non-hydrogen) atoms. The Morgan fingerprint density at radius 2 is 2.08 bits per heavy atom. The lowest BCUT2D eigenvalue weighted by Gasteiger charge is -2.21. The molecule has 0 heterocycles. The van der Waals surface area contributed by atoms with Gasteiger partial charge in [-0.05, 0) is 12.3 Å². The van der Waals surface area contributed by atoms with Gasteiger partial charge in [-0.25, -0.2) is 0 Å². The molecule has 0 aromatic heterocycles. The van der Waals surface area contributed by atoms with E-state index in [0.717, 1.165) is 6.54 Å². The molecular weight excluding hydrogens is 154 g/mol. The summed E-state index contributed by atoms with van der Waals surface area (Å²) in [5.41, 5.74) is 5.60. The summed E-state index contributed by atoms with van der Waals surface area (Å²) in [6.45, 7) is 9.07. The van der Waals surface area contributed by atoms with Crippen LogP contribution in [-0.4, -0.2) is 23.6 Å². The summed E-state index contributed by atoms with van der Waals surface area (Å²) >= 11 is 0. The van der Waals surface area contributed by atoms with Gasteiger partial charge in [0.05, 0.1) is 6.04 Å². The molecule has 0 rings (SSSR count). The van der Waals surface area contributed by atoms with Crippen LogP contribution in [0.5, 0.6) is 0 Å². The van der Waals surface area contributed by atoms with E-state index in [2.05, 4.69) is 31.2 Å². The molecule has 0 aromatic rings. The molecule has 0 radical (unpaired) electrons. The predicted molar refractivity (Wildman–Crippen MR) is 50.3 cm³/mol. The highest BCUT2D eigenvalue weighted by atomic mass is 16.4. The summed E-state index contributed by atoms with van der Waals surface area (Å²) in [5.74, 6) is 0.222. The second-order valence-electron chi connectivity index (χ2n) is 4.19. The number of hydrogen-bond donors (Lipinski definition) is 3. The Morgan fingerprint density at radius 3 is 2.42 bits per heavy atom. The highest BCUT2D eigenvalue weighted by Gasteiger charge is 2.13. The van der Waals surface area contributed by atoms with Crippen molar-refractivity contribution in [2.75, 3.05) is 6.54 Å². The van der Waals surface area contributed by atoms with Crippen LogP contribution in [0.1, 0.15) is 27.7 Å². The maximum atomic E-state index is 8.36. The van der Waals surface area contributed by atoms with Gasteiger partial charge >= 0.3 is 0 Å². The third-order valence-corrected chi connectivity index (χ3v) is 1.50. The van der Waals surface area contributed by atoms with Crippen LogP contribution in [0, 0.1) is 5.41 Å².